The molecule has 0 radical (unpaired) electrons. The molecule has 4 aliphatic rings. The maximum absolute atomic E-state index is 6.09. The van der Waals surface area contributed by atoms with Crippen molar-refractivity contribution in [3.63, 3.8) is 0 Å². The molecule has 2 saturated heterocycles. The highest BCUT2D eigenvalue weighted by Crippen LogP contribution is 2.80. The molecule has 3 heterocycles. The van der Waals surface area contributed by atoms with Crippen LogP contribution in [-0.2, 0) is 0 Å². The molecule has 2 saturated carbocycles. The topological polar surface area (TPSA) is 29.0 Å². The van der Waals surface area contributed by atoms with E-state index in [1.807, 2.05) is 0 Å². The van der Waals surface area contributed by atoms with Crippen LogP contribution in [0.2, 0.25) is 5.15 Å². The zero-order valence-electron chi connectivity index (χ0n) is 8.06. The molecule has 78 valence electrons. The molecule has 2 aliphatic carbocycles. The Morgan fingerprint density at radius 3 is 2.87 bits per heavy atom. The molecule has 5 rings (SSSR count). The summed E-state index contributed by atoms with van der Waals surface area (Å²) in [5.41, 5.74) is 1.75. The van der Waals surface area contributed by atoms with E-state index in [0.717, 1.165) is 23.4 Å². The Morgan fingerprint density at radius 2 is 2.27 bits per heavy atom. The number of aromatic nitrogens is 2. The van der Waals surface area contributed by atoms with Crippen LogP contribution in [0.5, 0.6) is 0 Å². The number of rotatable bonds is 1. The van der Waals surface area contributed by atoms with E-state index in [0.29, 0.717) is 16.6 Å². The van der Waals surface area contributed by atoms with Gasteiger partial charge in [0.05, 0.1) is 17.4 Å². The lowest BCUT2D eigenvalue weighted by molar-refractivity contribution is -0.380. The maximum Gasteiger partial charge on any atom is 0.166 e. The van der Waals surface area contributed by atoms with Crippen molar-refractivity contribution in [3.8, 4) is 0 Å². The molecule has 1 aromatic heterocycles. The summed E-state index contributed by atoms with van der Waals surface area (Å²) in [5.74, 6) is 3.37. The minimum Gasteiger partial charge on any atom is -0.296 e. The fraction of sp³-hybridized carbons (Fsp3) is 0.800. The number of piperidine rings is 3. The summed E-state index contributed by atoms with van der Waals surface area (Å²) in [5, 5.41) is 0.668. The lowest BCUT2D eigenvalue weighted by atomic mass is 9.28. The van der Waals surface area contributed by atoms with E-state index in [4.69, 9.17) is 11.6 Å². The predicted molar refractivity (Wildman–Crippen MR) is 57.1 cm³/mol. The molecule has 5 atom stereocenters. The van der Waals surface area contributed by atoms with Crippen LogP contribution in [0.25, 0.3) is 0 Å². The molecular weight excluding hydrogens is 230 g/mol. The van der Waals surface area contributed by atoms with Crippen molar-refractivity contribution in [2.45, 2.75) is 17.9 Å². The summed E-state index contributed by atoms with van der Waals surface area (Å²) in [6, 6.07) is 0. The first-order valence-electron chi connectivity index (χ1n) is 5.56. The van der Waals surface area contributed by atoms with Crippen LogP contribution >= 0.6 is 23.3 Å². The van der Waals surface area contributed by atoms with Gasteiger partial charge in [-0.1, -0.05) is 11.6 Å². The largest absolute Gasteiger partial charge is 0.296 e. The molecule has 4 fully saturated rings. The third-order valence-corrected chi connectivity index (χ3v) is 6.36. The van der Waals surface area contributed by atoms with Crippen LogP contribution in [0, 0.1) is 17.8 Å². The van der Waals surface area contributed by atoms with Crippen molar-refractivity contribution < 1.29 is 0 Å². The average molecular weight is 240 g/mol. The first-order valence-corrected chi connectivity index (χ1v) is 6.67. The standard InChI is InChI=1S/C10H10ClN3S/c11-9-8(12-15-13-9)7-5-1-4-2-14-3-6(7)10(4,5)14/h4-7H,1-3H2. The molecule has 5 unspecified atom stereocenters. The molecule has 0 aromatic carbocycles. The highest BCUT2D eigenvalue weighted by molar-refractivity contribution is 6.99. The van der Waals surface area contributed by atoms with Gasteiger partial charge >= 0.3 is 0 Å². The first-order chi connectivity index (χ1) is 7.33. The van der Waals surface area contributed by atoms with Gasteiger partial charge < -0.3 is 0 Å². The summed E-state index contributed by atoms with van der Waals surface area (Å²) in [4.78, 5) is 2.67. The maximum atomic E-state index is 6.09. The smallest absolute Gasteiger partial charge is 0.166 e. The molecule has 3 nitrogen and oxygen atoms in total. The summed E-state index contributed by atoms with van der Waals surface area (Å²) in [6.45, 7) is 2.65. The Morgan fingerprint density at radius 1 is 1.33 bits per heavy atom. The lowest BCUT2D eigenvalue weighted by Crippen LogP contribution is -2.96. The average Bonchev–Trinajstić information content (AvgIpc) is 2.47. The van der Waals surface area contributed by atoms with E-state index in [2.05, 4.69) is 13.6 Å². The third kappa shape index (κ3) is 0.576. The Balaban J connectivity index is 1.57. The van der Waals surface area contributed by atoms with Gasteiger partial charge in [-0.2, -0.15) is 8.75 Å². The first kappa shape index (κ1) is 7.98. The van der Waals surface area contributed by atoms with Crippen molar-refractivity contribution in [1.29, 1.82) is 0 Å². The molecule has 2 aliphatic heterocycles. The second kappa shape index (κ2) is 2.11. The van der Waals surface area contributed by atoms with Crippen LogP contribution in [0.4, 0.5) is 0 Å². The Kier molecular flexibility index (Phi) is 1.12. The predicted octanol–water partition coefficient (Wildman–Crippen LogP) is 1.61. The fourth-order valence-corrected chi connectivity index (χ4v) is 5.74. The zero-order chi connectivity index (χ0) is 9.78. The van der Waals surface area contributed by atoms with Crippen molar-refractivity contribution in [3.05, 3.63) is 10.8 Å². The van der Waals surface area contributed by atoms with Crippen LogP contribution < -0.4 is 0 Å². The zero-order valence-corrected chi connectivity index (χ0v) is 9.63. The van der Waals surface area contributed by atoms with Crippen LogP contribution in [0.15, 0.2) is 0 Å². The van der Waals surface area contributed by atoms with Gasteiger partial charge in [0.25, 0.3) is 0 Å². The van der Waals surface area contributed by atoms with E-state index < -0.39 is 0 Å². The Labute approximate surface area is 96.8 Å². The van der Waals surface area contributed by atoms with E-state index in [9.17, 15) is 0 Å². The molecule has 0 amide bonds. The lowest BCUT2D eigenvalue weighted by Gasteiger charge is -2.89. The molecular formula is C10H10ClN3S. The molecule has 5 heteroatoms. The minimum atomic E-state index is 0.643. The van der Waals surface area contributed by atoms with Gasteiger partial charge in [-0.25, -0.2) is 0 Å². The summed E-state index contributed by atoms with van der Waals surface area (Å²) < 4.78 is 8.49. The number of hydrogen-bond acceptors (Lipinski definition) is 4. The monoisotopic (exact) mass is 239 g/mol. The number of halogens is 1. The molecule has 0 bridgehead atoms. The van der Waals surface area contributed by atoms with Crippen LogP contribution in [-0.4, -0.2) is 32.3 Å². The normalized spacial score (nSPS) is 54.2. The number of hydrogen-bond donors (Lipinski definition) is 0. The summed E-state index contributed by atoms with van der Waals surface area (Å²) in [6.07, 6.45) is 1.41. The van der Waals surface area contributed by atoms with Gasteiger partial charge in [-0.05, 0) is 24.2 Å². The molecule has 1 aromatic rings. The minimum absolute atomic E-state index is 0.643. The van der Waals surface area contributed by atoms with Gasteiger partial charge in [-0.3, -0.25) is 4.90 Å². The third-order valence-electron chi connectivity index (χ3n) is 5.44. The SMILES string of the molecule is Clc1nsnc1C1C2CC3CN4CC1C324. The Hall–Kier alpha value is -0.190. The van der Waals surface area contributed by atoms with E-state index in [1.165, 1.54) is 31.2 Å². The van der Waals surface area contributed by atoms with Crippen molar-refractivity contribution in [2.75, 3.05) is 13.1 Å². The summed E-state index contributed by atoms with van der Waals surface area (Å²) >= 11 is 7.35. The highest BCUT2D eigenvalue weighted by Gasteiger charge is 2.84. The quantitative estimate of drug-likeness (QED) is 0.746. The second-order valence-electron chi connectivity index (χ2n) is 5.40. The fourth-order valence-electron chi connectivity index (χ4n) is 4.93. The molecule has 1 spiro atoms. The van der Waals surface area contributed by atoms with Gasteiger partial charge in [0.15, 0.2) is 5.15 Å². The van der Waals surface area contributed by atoms with Gasteiger partial charge in [-0.15, -0.1) is 0 Å². The molecule has 15 heavy (non-hydrogen) atoms. The van der Waals surface area contributed by atoms with Crippen molar-refractivity contribution >= 4 is 23.3 Å². The van der Waals surface area contributed by atoms with Crippen molar-refractivity contribution in [2.24, 2.45) is 17.8 Å². The number of nitrogens with zero attached hydrogens (tertiary/aromatic N) is 3. The van der Waals surface area contributed by atoms with Crippen molar-refractivity contribution in [1.82, 2.24) is 13.6 Å². The van der Waals surface area contributed by atoms with Crippen LogP contribution in [0.3, 0.4) is 0 Å². The van der Waals surface area contributed by atoms with Crippen LogP contribution in [0.1, 0.15) is 18.0 Å². The van der Waals surface area contributed by atoms with Gasteiger partial charge in [0, 0.05) is 24.5 Å². The Bertz CT molecular complexity index is 451. The molecule has 0 N–H and O–H groups in total. The summed E-state index contributed by atoms with van der Waals surface area (Å²) in [7, 11) is 0. The second-order valence-corrected chi connectivity index (χ2v) is 6.29. The van der Waals surface area contributed by atoms with E-state index in [1.54, 1.807) is 0 Å². The van der Waals surface area contributed by atoms with E-state index in [-0.39, 0.29) is 0 Å². The van der Waals surface area contributed by atoms with E-state index >= 15 is 0 Å². The highest BCUT2D eigenvalue weighted by atomic mass is 35.5. The van der Waals surface area contributed by atoms with Gasteiger partial charge in [0.1, 0.15) is 0 Å². The van der Waals surface area contributed by atoms with Gasteiger partial charge in [0.2, 0.25) is 0 Å².